The second-order valence-electron chi connectivity index (χ2n) is 5.89. The molecular formula is C15H20N2O3S. The van der Waals surface area contributed by atoms with Crippen molar-refractivity contribution < 1.29 is 13.2 Å². The van der Waals surface area contributed by atoms with Crippen molar-refractivity contribution in [3.63, 3.8) is 0 Å². The van der Waals surface area contributed by atoms with Gasteiger partial charge in [0.25, 0.3) is 0 Å². The van der Waals surface area contributed by atoms with E-state index in [-0.39, 0.29) is 29.4 Å². The molecule has 1 amide bonds. The van der Waals surface area contributed by atoms with Crippen molar-refractivity contribution in [2.75, 3.05) is 23.4 Å². The first-order valence-corrected chi connectivity index (χ1v) is 9.18. The quantitative estimate of drug-likeness (QED) is 0.882. The van der Waals surface area contributed by atoms with Crippen LogP contribution in [0.1, 0.15) is 30.7 Å². The third-order valence-electron chi connectivity index (χ3n) is 4.20. The van der Waals surface area contributed by atoms with Gasteiger partial charge in [-0.25, -0.2) is 8.42 Å². The maximum absolute atomic E-state index is 12.2. The van der Waals surface area contributed by atoms with Crippen LogP contribution < -0.4 is 10.6 Å². The molecule has 1 aromatic rings. The number of carbonyl (C=O) groups is 1. The summed E-state index contributed by atoms with van der Waals surface area (Å²) < 4.78 is 23.2. The third-order valence-corrected chi connectivity index (χ3v) is 6.02. The van der Waals surface area contributed by atoms with E-state index in [2.05, 4.69) is 10.6 Å². The van der Waals surface area contributed by atoms with E-state index in [0.29, 0.717) is 12.8 Å². The number of hydrogen-bond acceptors (Lipinski definition) is 4. The van der Waals surface area contributed by atoms with Gasteiger partial charge >= 0.3 is 0 Å². The highest BCUT2D eigenvalue weighted by molar-refractivity contribution is 7.91. The van der Waals surface area contributed by atoms with Crippen LogP contribution >= 0.6 is 0 Å². The Morgan fingerprint density at radius 2 is 2.14 bits per heavy atom. The van der Waals surface area contributed by atoms with Crippen LogP contribution in [0.25, 0.3) is 0 Å². The van der Waals surface area contributed by atoms with Crippen LogP contribution in [0.15, 0.2) is 24.3 Å². The molecule has 2 N–H and O–H groups in total. The van der Waals surface area contributed by atoms with Gasteiger partial charge in [0.1, 0.15) is 0 Å². The van der Waals surface area contributed by atoms with Crippen molar-refractivity contribution in [1.82, 2.24) is 5.32 Å². The summed E-state index contributed by atoms with van der Waals surface area (Å²) in [5.74, 6) is 0.444. The van der Waals surface area contributed by atoms with Gasteiger partial charge in [-0.15, -0.1) is 0 Å². The summed E-state index contributed by atoms with van der Waals surface area (Å²) in [6, 6.07) is 7.78. The molecule has 2 atom stereocenters. The molecule has 114 valence electrons. The summed E-state index contributed by atoms with van der Waals surface area (Å²) in [6.45, 7) is 0.760. The molecule has 2 aliphatic heterocycles. The topological polar surface area (TPSA) is 75.3 Å². The smallest absolute Gasteiger partial charge is 0.220 e. The minimum atomic E-state index is -2.98. The number of benzene rings is 1. The average Bonchev–Trinajstić information content (AvgIpc) is 2.81. The second kappa shape index (κ2) is 5.67. The fraction of sp³-hybridized carbons (Fsp3) is 0.533. The van der Waals surface area contributed by atoms with Crippen LogP contribution in [0.4, 0.5) is 5.69 Å². The van der Waals surface area contributed by atoms with Crippen LogP contribution in [0, 0.1) is 0 Å². The number of rotatable bonds is 3. The molecule has 2 unspecified atom stereocenters. The minimum absolute atomic E-state index is 0.0550. The molecule has 0 spiro atoms. The first-order chi connectivity index (χ1) is 10.0. The Morgan fingerprint density at radius 3 is 2.95 bits per heavy atom. The zero-order valence-corrected chi connectivity index (χ0v) is 12.7. The lowest BCUT2D eigenvalue weighted by molar-refractivity contribution is -0.122. The van der Waals surface area contributed by atoms with Gasteiger partial charge in [-0.1, -0.05) is 18.2 Å². The summed E-state index contributed by atoms with van der Waals surface area (Å²) in [5.41, 5.74) is 2.26. The van der Waals surface area contributed by atoms with E-state index < -0.39 is 9.84 Å². The number of fused-ring (bicyclic) bond motifs is 1. The number of nitrogens with one attached hydrogen (secondary N) is 2. The minimum Gasteiger partial charge on any atom is -0.384 e. The van der Waals surface area contributed by atoms with Gasteiger partial charge in [0, 0.05) is 30.6 Å². The lowest BCUT2D eigenvalue weighted by Crippen LogP contribution is -2.43. The molecule has 0 bridgehead atoms. The van der Waals surface area contributed by atoms with Gasteiger partial charge in [0.05, 0.1) is 11.5 Å². The van der Waals surface area contributed by atoms with Crippen molar-refractivity contribution in [1.29, 1.82) is 0 Å². The Bertz CT molecular complexity index is 642. The van der Waals surface area contributed by atoms with Crippen molar-refractivity contribution in [3.8, 4) is 0 Å². The van der Waals surface area contributed by atoms with Gasteiger partial charge in [0.15, 0.2) is 9.84 Å². The van der Waals surface area contributed by atoms with E-state index in [4.69, 9.17) is 0 Å². The average molecular weight is 308 g/mol. The molecule has 2 aliphatic rings. The van der Waals surface area contributed by atoms with Crippen LogP contribution in [0.2, 0.25) is 0 Å². The number of sulfone groups is 1. The van der Waals surface area contributed by atoms with E-state index in [1.54, 1.807) is 0 Å². The summed E-state index contributed by atoms with van der Waals surface area (Å²) in [7, 11) is -2.98. The first-order valence-electron chi connectivity index (χ1n) is 7.36. The molecule has 0 aliphatic carbocycles. The monoisotopic (exact) mass is 308 g/mol. The lowest BCUT2D eigenvalue weighted by Gasteiger charge is -2.23. The number of para-hydroxylation sites is 1. The van der Waals surface area contributed by atoms with Crippen molar-refractivity contribution in [3.05, 3.63) is 29.8 Å². The molecule has 6 heteroatoms. The largest absolute Gasteiger partial charge is 0.384 e. The number of amides is 1. The van der Waals surface area contributed by atoms with E-state index in [1.807, 2.05) is 24.3 Å². The second-order valence-corrected chi connectivity index (χ2v) is 8.12. The Morgan fingerprint density at radius 1 is 1.33 bits per heavy atom. The molecule has 1 fully saturated rings. The lowest BCUT2D eigenvalue weighted by atomic mass is 9.97. The molecule has 1 aromatic carbocycles. The molecule has 2 heterocycles. The summed E-state index contributed by atoms with van der Waals surface area (Å²) in [5, 5.41) is 6.18. The van der Waals surface area contributed by atoms with Gasteiger partial charge in [0.2, 0.25) is 5.91 Å². The van der Waals surface area contributed by atoms with Gasteiger partial charge < -0.3 is 10.6 Å². The highest BCUT2D eigenvalue weighted by Crippen LogP contribution is 2.33. The highest BCUT2D eigenvalue weighted by atomic mass is 32.2. The zero-order valence-electron chi connectivity index (χ0n) is 11.8. The first kappa shape index (κ1) is 14.4. The van der Waals surface area contributed by atoms with Gasteiger partial charge in [-0.05, 0) is 24.5 Å². The zero-order chi connectivity index (χ0) is 14.9. The van der Waals surface area contributed by atoms with E-state index in [9.17, 15) is 13.2 Å². The number of carbonyl (C=O) groups excluding carboxylic acids is 1. The van der Waals surface area contributed by atoms with Crippen LogP contribution in [-0.2, 0) is 14.6 Å². The fourth-order valence-corrected chi connectivity index (χ4v) is 4.82. The molecular weight excluding hydrogens is 288 g/mol. The predicted molar refractivity (Wildman–Crippen MR) is 82.1 cm³/mol. The SMILES string of the molecule is O=C(CC1CNc2ccccc21)NC1CCCS(=O)(=O)C1. The standard InChI is InChI=1S/C15H20N2O3S/c18-15(17-12-4-3-7-21(19,20)10-12)8-11-9-16-14-6-2-1-5-13(11)14/h1-2,5-6,11-12,16H,3-4,7-10H2,(H,17,18). The van der Waals surface area contributed by atoms with Crippen molar-refractivity contribution >= 4 is 21.4 Å². The van der Waals surface area contributed by atoms with Gasteiger partial charge in [-0.3, -0.25) is 4.79 Å². The Kier molecular flexibility index (Phi) is 3.89. The Labute approximate surface area is 125 Å². The summed E-state index contributed by atoms with van der Waals surface area (Å²) >= 11 is 0. The van der Waals surface area contributed by atoms with Crippen LogP contribution in [0.3, 0.4) is 0 Å². The molecule has 3 rings (SSSR count). The maximum atomic E-state index is 12.2. The predicted octanol–water partition coefficient (Wildman–Crippen LogP) is 1.28. The normalized spacial score (nSPS) is 26.7. The summed E-state index contributed by atoms with van der Waals surface area (Å²) in [6.07, 6.45) is 1.80. The van der Waals surface area contributed by atoms with Crippen LogP contribution in [0.5, 0.6) is 0 Å². The third kappa shape index (κ3) is 3.37. The molecule has 0 saturated carbocycles. The number of anilines is 1. The van der Waals surface area contributed by atoms with E-state index in [1.165, 1.54) is 5.56 Å². The molecule has 5 nitrogen and oxygen atoms in total. The maximum Gasteiger partial charge on any atom is 0.220 e. The highest BCUT2D eigenvalue weighted by Gasteiger charge is 2.28. The Hall–Kier alpha value is -1.56. The van der Waals surface area contributed by atoms with Crippen molar-refractivity contribution in [2.45, 2.75) is 31.2 Å². The Balaban J connectivity index is 1.58. The molecule has 0 aromatic heterocycles. The van der Waals surface area contributed by atoms with Gasteiger partial charge in [-0.2, -0.15) is 0 Å². The van der Waals surface area contributed by atoms with Crippen LogP contribution in [-0.4, -0.2) is 38.4 Å². The summed E-state index contributed by atoms with van der Waals surface area (Å²) in [4.78, 5) is 12.2. The van der Waals surface area contributed by atoms with E-state index >= 15 is 0 Å². The van der Waals surface area contributed by atoms with E-state index in [0.717, 1.165) is 18.7 Å². The fourth-order valence-electron chi connectivity index (χ4n) is 3.19. The molecule has 0 radical (unpaired) electrons. The van der Waals surface area contributed by atoms with Crippen molar-refractivity contribution in [2.24, 2.45) is 0 Å². The molecule has 21 heavy (non-hydrogen) atoms. The number of hydrogen-bond donors (Lipinski definition) is 2. The molecule has 1 saturated heterocycles.